The number of fused-ring (bicyclic) bond motifs is 1. The van der Waals surface area contributed by atoms with E-state index < -0.39 is 6.10 Å². The first-order chi connectivity index (χ1) is 12.2. The summed E-state index contributed by atoms with van der Waals surface area (Å²) in [6.45, 7) is 6.44. The van der Waals surface area contributed by atoms with E-state index in [0.29, 0.717) is 13.0 Å². The Morgan fingerprint density at radius 2 is 2.04 bits per heavy atom. The highest BCUT2D eigenvalue weighted by atomic mass is 16.5. The molecule has 1 aromatic heterocycles. The topological polar surface area (TPSA) is 54.5 Å². The van der Waals surface area contributed by atoms with Crippen molar-refractivity contribution >= 4 is 11.7 Å². The molecule has 0 bridgehead atoms. The average Bonchev–Trinajstić information content (AvgIpc) is 2.67. The molecule has 1 aliphatic rings. The minimum Gasteiger partial charge on any atom is -0.480 e. The van der Waals surface area contributed by atoms with Gasteiger partial charge in [0.2, 0.25) is 0 Å². The Hall–Kier alpha value is -2.56. The molecule has 3 rings (SSSR count). The fourth-order valence-electron chi connectivity index (χ4n) is 3.18. The van der Waals surface area contributed by atoms with Gasteiger partial charge in [-0.25, -0.2) is 4.98 Å². The number of hydrogen-bond acceptors (Lipinski definition) is 4. The zero-order chi connectivity index (χ0) is 17.6. The Bertz CT molecular complexity index is 728. The van der Waals surface area contributed by atoms with Crippen LogP contribution in [0, 0.1) is 0 Å². The third kappa shape index (κ3) is 3.92. The van der Waals surface area contributed by atoms with Crippen molar-refractivity contribution in [2.24, 2.45) is 0 Å². The van der Waals surface area contributed by atoms with Crippen molar-refractivity contribution in [3.05, 3.63) is 53.7 Å². The molecule has 2 aromatic rings. The molecule has 132 valence electrons. The number of benzene rings is 1. The molecule has 1 amide bonds. The summed E-state index contributed by atoms with van der Waals surface area (Å²) < 4.78 is 5.86. The van der Waals surface area contributed by atoms with Gasteiger partial charge >= 0.3 is 0 Å². The van der Waals surface area contributed by atoms with Gasteiger partial charge in [-0.2, -0.15) is 0 Å². The molecule has 5 nitrogen and oxygen atoms in total. The second-order valence-corrected chi connectivity index (χ2v) is 6.13. The van der Waals surface area contributed by atoms with Gasteiger partial charge in [-0.05, 0) is 44.4 Å². The summed E-state index contributed by atoms with van der Waals surface area (Å²) in [6.07, 6.45) is 2.94. The van der Waals surface area contributed by atoms with E-state index in [1.165, 1.54) is 5.56 Å². The van der Waals surface area contributed by atoms with Crippen molar-refractivity contribution in [2.45, 2.75) is 39.3 Å². The van der Waals surface area contributed by atoms with Crippen molar-refractivity contribution < 1.29 is 9.53 Å². The van der Waals surface area contributed by atoms with Gasteiger partial charge in [0.25, 0.3) is 5.91 Å². The molecule has 0 fully saturated rings. The molecule has 1 atom stereocenters. The van der Waals surface area contributed by atoms with Crippen LogP contribution in [0.5, 0.6) is 5.75 Å². The number of carbonyl (C=O) groups is 1. The molecule has 0 aliphatic carbocycles. The van der Waals surface area contributed by atoms with Crippen molar-refractivity contribution in [3.63, 3.8) is 0 Å². The zero-order valence-corrected chi connectivity index (χ0v) is 14.9. The van der Waals surface area contributed by atoms with Gasteiger partial charge in [-0.15, -0.1) is 0 Å². The maximum absolute atomic E-state index is 12.5. The van der Waals surface area contributed by atoms with Crippen LogP contribution in [0.15, 0.2) is 42.6 Å². The molecule has 1 aliphatic heterocycles. The quantitative estimate of drug-likeness (QED) is 0.879. The van der Waals surface area contributed by atoms with Crippen LogP contribution in [0.25, 0.3) is 0 Å². The van der Waals surface area contributed by atoms with Gasteiger partial charge in [0.05, 0.1) is 0 Å². The van der Waals surface area contributed by atoms with Gasteiger partial charge < -0.3 is 15.0 Å². The van der Waals surface area contributed by atoms with E-state index in [9.17, 15) is 4.79 Å². The van der Waals surface area contributed by atoms with Crippen LogP contribution < -0.4 is 15.0 Å². The molecule has 0 unspecified atom stereocenters. The highest BCUT2D eigenvalue weighted by Gasteiger charge is 2.25. The largest absolute Gasteiger partial charge is 0.480 e. The molecule has 0 saturated heterocycles. The van der Waals surface area contributed by atoms with E-state index in [2.05, 4.69) is 35.1 Å². The van der Waals surface area contributed by atoms with E-state index >= 15 is 0 Å². The molecule has 5 heteroatoms. The van der Waals surface area contributed by atoms with E-state index in [4.69, 9.17) is 4.74 Å². The SMILES string of the molecule is CCN(CC)c1ncccc1CNC(=O)[C@@H]1CCc2ccccc2O1. The summed E-state index contributed by atoms with van der Waals surface area (Å²) in [7, 11) is 0. The van der Waals surface area contributed by atoms with Crippen LogP contribution in [-0.2, 0) is 17.8 Å². The van der Waals surface area contributed by atoms with Crippen LogP contribution in [0.4, 0.5) is 5.82 Å². The number of pyridine rings is 1. The zero-order valence-electron chi connectivity index (χ0n) is 14.9. The van der Waals surface area contributed by atoms with Crippen LogP contribution >= 0.6 is 0 Å². The molecular weight excluding hydrogens is 314 g/mol. The van der Waals surface area contributed by atoms with Gasteiger partial charge in [0.15, 0.2) is 6.10 Å². The first-order valence-corrected chi connectivity index (χ1v) is 8.94. The predicted octanol–water partition coefficient (Wildman–Crippen LogP) is 2.94. The number of nitrogens with one attached hydrogen (secondary N) is 1. The molecule has 0 spiro atoms. The number of para-hydroxylation sites is 1. The molecular formula is C20H25N3O2. The molecule has 25 heavy (non-hydrogen) atoms. The molecule has 1 aromatic carbocycles. The number of nitrogens with zero attached hydrogens (tertiary/aromatic N) is 2. The van der Waals surface area contributed by atoms with Crippen molar-refractivity contribution in [1.82, 2.24) is 10.3 Å². The van der Waals surface area contributed by atoms with Crippen molar-refractivity contribution in [2.75, 3.05) is 18.0 Å². The molecule has 0 radical (unpaired) electrons. The number of anilines is 1. The van der Waals surface area contributed by atoms with Crippen molar-refractivity contribution in [1.29, 1.82) is 0 Å². The maximum Gasteiger partial charge on any atom is 0.261 e. The third-order valence-electron chi connectivity index (χ3n) is 4.59. The van der Waals surface area contributed by atoms with Crippen LogP contribution in [-0.4, -0.2) is 30.1 Å². The lowest BCUT2D eigenvalue weighted by atomic mass is 10.0. The summed E-state index contributed by atoms with van der Waals surface area (Å²) in [6, 6.07) is 11.8. The van der Waals surface area contributed by atoms with Gasteiger partial charge in [0.1, 0.15) is 11.6 Å². The lowest BCUT2D eigenvalue weighted by molar-refractivity contribution is -0.128. The van der Waals surface area contributed by atoms with Gasteiger partial charge in [0, 0.05) is 31.4 Å². The Kier molecular flexibility index (Phi) is 5.53. The first-order valence-electron chi connectivity index (χ1n) is 8.94. The van der Waals surface area contributed by atoms with E-state index in [-0.39, 0.29) is 5.91 Å². The Morgan fingerprint density at radius 1 is 1.24 bits per heavy atom. The summed E-state index contributed by atoms with van der Waals surface area (Å²) in [5.74, 6) is 1.69. The van der Waals surface area contributed by atoms with Gasteiger partial charge in [-0.3, -0.25) is 4.79 Å². The number of aryl methyl sites for hydroxylation is 1. The van der Waals surface area contributed by atoms with E-state index in [1.807, 2.05) is 30.3 Å². The van der Waals surface area contributed by atoms with Crippen molar-refractivity contribution in [3.8, 4) is 5.75 Å². The summed E-state index contributed by atoms with van der Waals surface area (Å²) in [5.41, 5.74) is 2.19. The van der Waals surface area contributed by atoms with Crippen LogP contribution in [0.3, 0.4) is 0 Å². The highest BCUT2D eigenvalue weighted by molar-refractivity contribution is 5.81. The Labute approximate surface area is 149 Å². The minimum absolute atomic E-state index is 0.0659. The molecule has 0 saturated carbocycles. The molecule has 2 heterocycles. The third-order valence-corrected chi connectivity index (χ3v) is 4.59. The number of carbonyl (C=O) groups excluding carboxylic acids is 1. The second-order valence-electron chi connectivity index (χ2n) is 6.13. The lowest BCUT2D eigenvalue weighted by Crippen LogP contribution is -2.40. The van der Waals surface area contributed by atoms with E-state index in [0.717, 1.165) is 36.6 Å². The first kappa shape index (κ1) is 17.3. The average molecular weight is 339 g/mol. The standard InChI is InChI=1S/C20H25N3O2/c1-3-23(4-2)19-16(9-7-13-21-19)14-22-20(24)18-12-11-15-8-5-6-10-17(15)25-18/h5-10,13,18H,3-4,11-12,14H2,1-2H3,(H,22,24)/t18-/m0/s1. The van der Waals surface area contributed by atoms with Crippen LogP contribution in [0.2, 0.25) is 0 Å². The monoisotopic (exact) mass is 339 g/mol. The second kappa shape index (κ2) is 8.01. The number of hydrogen-bond donors (Lipinski definition) is 1. The number of amides is 1. The van der Waals surface area contributed by atoms with E-state index in [1.54, 1.807) is 6.20 Å². The number of ether oxygens (including phenoxy) is 1. The smallest absolute Gasteiger partial charge is 0.261 e. The fourth-order valence-corrected chi connectivity index (χ4v) is 3.18. The predicted molar refractivity (Wildman–Crippen MR) is 98.8 cm³/mol. The lowest BCUT2D eigenvalue weighted by Gasteiger charge is -2.26. The van der Waals surface area contributed by atoms with Crippen LogP contribution in [0.1, 0.15) is 31.4 Å². The molecule has 1 N–H and O–H groups in total. The summed E-state index contributed by atoms with van der Waals surface area (Å²) in [5, 5.41) is 3.01. The minimum atomic E-state index is -0.427. The maximum atomic E-state index is 12.5. The van der Waals surface area contributed by atoms with Gasteiger partial charge in [-0.1, -0.05) is 24.3 Å². The Morgan fingerprint density at radius 3 is 2.84 bits per heavy atom. The highest BCUT2D eigenvalue weighted by Crippen LogP contribution is 2.27. The number of rotatable bonds is 6. The normalized spacial score (nSPS) is 15.8. The Balaban J connectivity index is 1.64. The summed E-state index contributed by atoms with van der Waals surface area (Å²) >= 11 is 0. The fraction of sp³-hybridized carbons (Fsp3) is 0.400. The summed E-state index contributed by atoms with van der Waals surface area (Å²) in [4.78, 5) is 19.2. The number of aromatic nitrogens is 1.